The third-order valence-corrected chi connectivity index (χ3v) is 3.00. The Hall–Kier alpha value is -2.30. The quantitative estimate of drug-likeness (QED) is 0.622. The monoisotopic (exact) mass is 274 g/mol. The van der Waals surface area contributed by atoms with Crippen molar-refractivity contribution < 1.29 is 14.3 Å². The van der Waals surface area contributed by atoms with E-state index in [1.807, 2.05) is 18.2 Å². The number of aromatic amines is 1. The molecule has 2 rings (SSSR count). The molecule has 0 spiro atoms. The van der Waals surface area contributed by atoms with Gasteiger partial charge in [-0.25, -0.2) is 0 Å². The van der Waals surface area contributed by atoms with Crippen LogP contribution < -0.4 is 9.47 Å². The Morgan fingerprint density at radius 2 is 2.20 bits per heavy atom. The molecule has 0 amide bonds. The van der Waals surface area contributed by atoms with Gasteiger partial charge in [-0.05, 0) is 24.6 Å². The highest BCUT2D eigenvalue weighted by atomic mass is 16.5. The molecule has 1 aromatic carbocycles. The second-order valence-corrected chi connectivity index (χ2v) is 4.39. The molecular formula is C15H18N2O3. The standard InChI is InChI=1S/C15H18N2O3/c1-3-4-7-20-13-6-5-11(8-14(13)19-2)15-12(10-18)9-16-17-15/h5-6,8-10H,3-4,7H2,1-2H3,(H,16,17). The maximum atomic E-state index is 10.9. The van der Waals surface area contributed by atoms with Crippen molar-refractivity contribution in [3.8, 4) is 22.8 Å². The number of aromatic nitrogens is 2. The summed E-state index contributed by atoms with van der Waals surface area (Å²) in [4.78, 5) is 10.9. The zero-order valence-electron chi connectivity index (χ0n) is 11.7. The number of carbonyl (C=O) groups excluding carboxylic acids is 1. The molecule has 1 N–H and O–H groups in total. The number of unbranched alkanes of at least 4 members (excludes halogenated alkanes) is 1. The molecule has 1 aromatic heterocycles. The first kappa shape index (κ1) is 14.1. The number of hydrogen-bond donors (Lipinski definition) is 1. The lowest BCUT2D eigenvalue weighted by Gasteiger charge is -2.11. The SMILES string of the molecule is CCCCOc1ccc(-c2[nH]ncc2C=O)cc1OC. The Kier molecular flexibility index (Phi) is 4.76. The zero-order valence-corrected chi connectivity index (χ0v) is 11.7. The Balaban J connectivity index is 2.27. The first-order valence-corrected chi connectivity index (χ1v) is 6.60. The van der Waals surface area contributed by atoms with E-state index in [1.54, 1.807) is 7.11 Å². The van der Waals surface area contributed by atoms with E-state index < -0.39 is 0 Å². The molecule has 0 saturated heterocycles. The molecule has 0 unspecified atom stereocenters. The van der Waals surface area contributed by atoms with Crippen molar-refractivity contribution in [1.82, 2.24) is 10.2 Å². The molecule has 0 atom stereocenters. The van der Waals surface area contributed by atoms with E-state index in [1.165, 1.54) is 6.20 Å². The van der Waals surface area contributed by atoms with E-state index in [9.17, 15) is 4.79 Å². The van der Waals surface area contributed by atoms with Crippen LogP contribution in [0.1, 0.15) is 30.1 Å². The van der Waals surface area contributed by atoms with Crippen molar-refractivity contribution >= 4 is 6.29 Å². The smallest absolute Gasteiger partial charge is 0.161 e. The number of carbonyl (C=O) groups is 1. The highest BCUT2D eigenvalue weighted by Crippen LogP contribution is 2.32. The Bertz CT molecular complexity index is 578. The predicted molar refractivity (Wildman–Crippen MR) is 76.4 cm³/mol. The minimum absolute atomic E-state index is 0.520. The summed E-state index contributed by atoms with van der Waals surface area (Å²) in [6.45, 7) is 2.78. The summed E-state index contributed by atoms with van der Waals surface area (Å²) in [6, 6.07) is 5.56. The molecule has 0 saturated carbocycles. The number of aldehydes is 1. The number of nitrogens with zero attached hydrogens (tertiary/aromatic N) is 1. The summed E-state index contributed by atoms with van der Waals surface area (Å²) in [6.07, 6.45) is 4.36. The van der Waals surface area contributed by atoms with Crippen LogP contribution in [-0.4, -0.2) is 30.2 Å². The molecule has 0 aliphatic carbocycles. The number of ether oxygens (including phenoxy) is 2. The molecule has 0 bridgehead atoms. The normalized spacial score (nSPS) is 10.3. The van der Waals surface area contributed by atoms with Crippen molar-refractivity contribution in [1.29, 1.82) is 0 Å². The molecule has 1 heterocycles. The number of rotatable bonds is 7. The van der Waals surface area contributed by atoms with E-state index in [2.05, 4.69) is 17.1 Å². The van der Waals surface area contributed by atoms with Gasteiger partial charge in [0.05, 0.1) is 31.2 Å². The van der Waals surface area contributed by atoms with Crippen molar-refractivity contribution in [2.24, 2.45) is 0 Å². The Morgan fingerprint density at radius 3 is 2.90 bits per heavy atom. The van der Waals surface area contributed by atoms with E-state index in [4.69, 9.17) is 9.47 Å². The van der Waals surface area contributed by atoms with Crippen LogP contribution in [0.5, 0.6) is 11.5 Å². The highest BCUT2D eigenvalue weighted by molar-refractivity contribution is 5.85. The lowest BCUT2D eigenvalue weighted by atomic mass is 10.1. The number of H-pyrrole nitrogens is 1. The largest absolute Gasteiger partial charge is 0.493 e. The van der Waals surface area contributed by atoms with Crippen LogP contribution in [0.15, 0.2) is 24.4 Å². The number of nitrogens with one attached hydrogen (secondary N) is 1. The molecule has 0 aliphatic heterocycles. The van der Waals surface area contributed by atoms with Crippen molar-refractivity contribution in [3.05, 3.63) is 30.0 Å². The van der Waals surface area contributed by atoms with Gasteiger partial charge in [0, 0.05) is 5.56 Å². The predicted octanol–water partition coefficient (Wildman–Crippen LogP) is 3.08. The molecule has 5 heteroatoms. The lowest BCUT2D eigenvalue weighted by Crippen LogP contribution is -1.99. The number of benzene rings is 1. The van der Waals surface area contributed by atoms with Crippen molar-refractivity contribution in [3.63, 3.8) is 0 Å². The van der Waals surface area contributed by atoms with Gasteiger partial charge in [-0.15, -0.1) is 0 Å². The van der Waals surface area contributed by atoms with Gasteiger partial charge in [-0.1, -0.05) is 13.3 Å². The van der Waals surface area contributed by atoms with Gasteiger partial charge in [-0.2, -0.15) is 5.10 Å². The first-order valence-electron chi connectivity index (χ1n) is 6.60. The average Bonchev–Trinajstić information content (AvgIpc) is 2.96. The molecule has 2 aromatic rings. The fourth-order valence-electron chi connectivity index (χ4n) is 1.88. The number of hydrogen-bond acceptors (Lipinski definition) is 4. The van der Waals surface area contributed by atoms with Crippen LogP contribution in [-0.2, 0) is 0 Å². The molecule has 5 nitrogen and oxygen atoms in total. The van der Waals surface area contributed by atoms with Gasteiger partial charge in [0.2, 0.25) is 0 Å². The van der Waals surface area contributed by atoms with Crippen LogP contribution >= 0.6 is 0 Å². The van der Waals surface area contributed by atoms with Crippen LogP contribution in [0.2, 0.25) is 0 Å². The summed E-state index contributed by atoms with van der Waals surface area (Å²) >= 11 is 0. The van der Waals surface area contributed by atoms with E-state index in [0.717, 1.165) is 24.7 Å². The number of methoxy groups -OCH3 is 1. The zero-order chi connectivity index (χ0) is 14.4. The fourth-order valence-corrected chi connectivity index (χ4v) is 1.88. The summed E-state index contributed by atoms with van der Waals surface area (Å²) in [5.74, 6) is 1.35. The Labute approximate surface area is 117 Å². The van der Waals surface area contributed by atoms with Crippen LogP contribution in [0.4, 0.5) is 0 Å². The summed E-state index contributed by atoms with van der Waals surface area (Å²) in [5.41, 5.74) is 2.04. The van der Waals surface area contributed by atoms with Gasteiger partial charge < -0.3 is 9.47 Å². The lowest BCUT2D eigenvalue weighted by molar-refractivity contribution is 0.112. The molecule has 20 heavy (non-hydrogen) atoms. The molecule has 0 fully saturated rings. The average molecular weight is 274 g/mol. The van der Waals surface area contributed by atoms with Gasteiger partial charge in [0.1, 0.15) is 0 Å². The second-order valence-electron chi connectivity index (χ2n) is 4.39. The molecule has 106 valence electrons. The minimum atomic E-state index is 0.520. The van der Waals surface area contributed by atoms with E-state index in [0.29, 0.717) is 29.4 Å². The van der Waals surface area contributed by atoms with Gasteiger partial charge in [0.25, 0.3) is 0 Å². The van der Waals surface area contributed by atoms with Gasteiger partial charge >= 0.3 is 0 Å². The summed E-state index contributed by atoms with van der Waals surface area (Å²) in [5, 5.41) is 6.70. The van der Waals surface area contributed by atoms with Crippen LogP contribution in [0, 0.1) is 0 Å². The minimum Gasteiger partial charge on any atom is -0.493 e. The first-order chi connectivity index (χ1) is 9.80. The summed E-state index contributed by atoms with van der Waals surface area (Å²) in [7, 11) is 1.60. The maximum Gasteiger partial charge on any atom is 0.161 e. The Morgan fingerprint density at radius 1 is 1.35 bits per heavy atom. The van der Waals surface area contributed by atoms with E-state index in [-0.39, 0.29) is 0 Å². The van der Waals surface area contributed by atoms with Gasteiger partial charge in [-0.3, -0.25) is 9.89 Å². The second kappa shape index (κ2) is 6.75. The third kappa shape index (κ3) is 2.99. The topological polar surface area (TPSA) is 64.2 Å². The van der Waals surface area contributed by atoms with E-state index >= 15 is 0 Å². The fraction of sp³-hybridized carbons (Fsp3) is 0.333. The third-order valence-electron chi connectivity index (χ3n) is 3.00. The van der Waals surface area contributed by atoms with Crippen LogP contribution in [0.3, 0.4) is 0 Å². The van der Waals surface area contributed by atoms with Crippen molar-refractivity contribution in [2.75, 3.05) is 13.7 Å². The van der Waals surface area contributed by atoms with Crippen LogP contribution in [0.25, 0.3) is 11.3 Å². The molecule has 0 radical (unpaired) electrons. The molecular weight excluding hydrogens is 256 g/mol. The summed E-state index contributed by atoms with van der Waals surface area (Å²) < 4.78 is 11.0. The van der Waals surface area contributed by atoms with Crippen molar-refractivity contribution in [2.45, 2.75) is 19.8 Å². The van der Waals surface area contributed by atoms with Gasteiger partial charge in [0.15, 0.2) is 17.8 Å². The maximum absolute atomic E-state index is 10.9. The molecule has 0 aliphatic rings. The highest BCUT2D eigenvalue weighted by Gasteiger charge is 2.11.